The van der Waals surface area contributed by atoms with Crippen LogP contribution in [0.25, 0.3) is 0 Å². The van der Waals surface area contributed by atoms with Crippen LogP contribution in [0.1, 0.15) is 50.0 Å². The van der Waals surface area contributed by atoms with Gasteiger partial charge in [0.15, 0.2) is 5.82 Å². The standard InChI is InChI=1S/C20H25N3O3/c1-13-12-18(23-26-13)22-20(25)17-10-8-16(9-11-17)19(24)21-14(2)15-6-4-3-5-7-15/h3-7,12,14,16-17H,8-11H2,1-2H3,(H,21,24)(H,22,23,25). The van der Waals surface area contributed by atoms with Crippen LogP contribution >= 0.6 is 0 Å². The lowest BCUT2D eigenvalue weighted by molar-refractivity contribution is -0.129. The zero-order valence-electron chi connectivity index (χ0n) is 15.2. The first-order valence-corrected chi connectivity index (χ1v) is 9.12. The number of aromatic nitrogens is 1. The Labute approximate surface area is 153 Å². The molecule has 6 nitrogen and oxygen atoms in total. The summed E-state index contributed by atoms with van der Waals surface area (Å²) >= 11 is 0. The molecule has 6 heteroatoms. The maximum Gasteiger partial charge on any atom is 0.228 e. The molecule has 2 amide bonds. The van der Waals surface area contributed by atoms with E-state index in [2.05, 4.69) is 15.8 Å². The van der Waals surface area contributed by atoms with E-state index in [1.54, 1.807) is 13.0 Å². The summed E-state index contributed by atoms with van der Waals surface area (Å²) in [5.41, 5.74) is 1.09. The SMILES string of the molecule is Cc1cc(NC(=O)C2CCC(C(=O)NC(C)c3ccccc3)CC2)no1. The van der Waals surface area contributed by atoms with E-state index in [0.29, 0.717) is 24.4 Å². The lowest BCUT2D eigenvalue weighted by Gasteiger charge is -2.28. The zero-order valence-corrected chi connectivity index (χ0v) is 15.2. The lowest BCUT2D eigenvalue weighted by Crippen LogP contribution is -2.36. The minimum absolute atomic E-state index is 0.0138. The van der Waals surface area contributed by atoms with Crippen molar-refractivity contribution < 1.29 is 14.1 Å². The molecule has 0 spiro atoms. The molecular weight excluding hydrogens is 330 g/mol. The van der Waals surface area contributed by atoms with Gasteiger partial charge in [-0.2, -0.15) is 0 Å². The zero-order chi connectivity index (χ0) is 18.5. The molecule has 0 saturated heterocycles. The van der Waals surface area contributed by atoms with Crippen molar-refractivity contribution in [1.29, 1.82) is 0 Å². The van der Waals surface area contributed by atoms with Crippen molar-refractivity contribution in [3.8, 4) is 0 Å². The predicted octanol–water partition coefficient (Wildman–Crippen LogP) is 3.61. The molecular formula is C20H25N3O3. The van der Waals surface area contributed by atoms with Gasteiger partial charge >= 0.3 is 0 Å². The van der Waals surface area contributed by atoms with E-state index in [0.717, 1.165) is 18.4 Å². The second-order valence-electron chi connectivity index (χ2n) is 7.00. The van der Waals surface area contributed by atoms with E-state index >= 15 is 0 Å². The van der Waals surface area contributed by atoms with Gasteiger partial charge in [0.05, 0.1) is 6.04 Å². The molecule has 1 aromatic carbocycles. The predicted molar refractivity (Wildman–Crippen MR) is 98.3 cm³/mol. The van der Waals surface area contributed by atoms with Crippen LogP contribution in [0.3, 0.4) is 0 Å². The third-order valence-electron chi connectivity index (χ3n) is 5.01. The van der Waals surface area contributed by atoms with E-state index in [1.165, 1.54) is 0 Å². The van der Waals surface area contributed by atoms with Crippen LogP contribution in [-0.2, 0) is 9.59 Å². The quantitative estimate of drug-likeness (QED) is 0.858. The molecule has 3 rings (SSSR count). The molecule has 2 aromatic rings. The van der Waals surface area contributed by atoms with Gasteiger partial charge in [-0.3, -0.25) is 9.59 Å². The Morgan fingerprint density at radius 2 is 1.69 bits per heavy atom. The normalized spacial score (nSPS) is 21.0. The average molecular weight is 355 g/mol. The summed E-state index contributed by atoms with van der Waals surface area (Å²) in [5.74, 6) is 1.03. The van der Waals surface area contributed by atoms with E-state index in [-0.39, 0.29) is 29.7 Å². The summed E-state index contributed by atoms with van der Waals surface area (Å²) < 4.78 is 4.96. The first-order chi connectivity index (χ1) is 12.5. The lowest BCUT2D eigenvalue weighted by atomic mass is 9.81. The van der Waals surface area contributed by atoms with Crippen molar-refractivity contribution in [2.45, 2.75) is 45.6 Å². The molecule has 26 heavy (non-hydrogen) atoms. The van der Waals surface area contributed by atoms with Crippen LogP contribution in [0.4, 0.5) is 5.82 Å². The molecule has 1 aliphatic carbocycles. The highest BCUT2D eigenvalue weighted by molar-refractivity contribution is 5.91. The van der Waals surface area contributed by atoms with Gasteiger partial charge in [0, 0.05) is 17.9 Å². The molecule has 1 fully saturated rings. The third-order valence-corrected chi connectivity index (χ3v) is 5.01. The van der Waals surface area contributed by atoms with Gasteiger partial charge in [0.1, 0.15) is 5.76 Å². The van der Waals surface area contributed by atoms with E-state index < -0.39 is 0 Å². The van der Waals surface area contributed by atoms with Crippen LogP contribution in [0, 0.1) is 18.8 Å². The molecule has 0 bridgehead atoms. The number of amides is 2. The summed E-state index contributed by atoms with van der Waals surface area (Å²) in [6.07, 6.45) is 2.87. The topological polar surface area (TPSA) is 84.2 Å². The fourth-order valence-electron chi connectivity index (χ4n) is 3.43. The second kappa shape index (κ2) is 8.17. The van der Waals surface area contributed by atoms with Crippen LogP contribution in [0.15, 0.2) is 40.9 Å². The number of hydrogen-bond donors (Lipinski definition) is 2. The summed E-state index contributed by atoms with van der Waals surface area (Å²) in [4.78, 5) is 24.8. The number of benzene rings is 1. The van der Waals surface area contributed by atoms with Crippen molar-refractivity contribution in [3.63, 3.8) is 0 Å². The fraction of sp³-hybridized carbons (Fsp3) is 0.450. The van der Waals surface area contributed by atoms with Gasteiger partial charge in [0.25, 0.3) is 0 Å². The van der Waals surface area contributed by atoms with Crippen molar-refractivity contribution >= 4 is 17.6 Å². The summed E-state index contributed by atoms with van der Waals surface area (Å²) in [5, 5.41) is 9.66. The molecule has 1 heterocycles. The number of hydrogen-bond acceptors (Lipinski definition) is 4. The van der Waals surface area contributed by atoms with Crippen molar-refractivity contribution in [3.05, 3.63) is 47.7 Å². The van der Waals surface area contributed by atoms with E-state index in [4.69, 9.17) is 4.52 Å². The van der Waals surface area contributed by atoms with E-state index in [9.17, 15) is 9.59 Å². The minimum atomic E-state index is -0.0809. The number of rotatable bonds is 5. The highest BCUT2D eigenvalue weighted by Crippen LogP contribution is 2.30. The van der Waals surface area contributed by atoms with Gasteiger partial charge in [-0.25, -0.2) is 0 Å². The Morgan fingerprint density at radius 3 is 2.27 bits per heavy atom. The van der Waals surface area contributed by atoms with Gasteiger partial charge in [0.2, 0.25) is 11.8 Å². The molecule has 0 radical (unpaired) electrons. The van der Waals surface area contributed by atoms with Crippen LogP contribution in [0.2, 0.25) is 0 Å². The highest BCUT2D eigenvalue weighted by Gasteiger charge is 2.30. The van der Waals surface area contributed by atoms with Gasteiger partial charge in [-0.05, 0) is 45.1 Å². The molecule has 2 N–H and O–H groups in total. The Hall–Kier alpha value is -2.63. The number of nitrogens with zero attached hydrogens (tertiary/aromatic N) is 1. The Kier molecular flexibility index (Phi) is 5.71. The minimum Gasteiger partial charge on any atom is -0.360 e. The van der Waals surface area contributed by atoms with Gasteiger partial charge in [-0.15, -0.1) is 0 Å². The maximum atomic E-state index is 12.5. The van der Waals surface area contributed by atoms with Crippen LogP contribution in [-0.4, -0.2) is 17.0 Å². The first kappa shape index (κ1) is 18.2. The Morgan fingerprint density at radius 1 is 1.08 bits per heavy atom. The smallest absolute Gasteiger partial charge is 0.228 e. The molecule has 1 unspecified atom stereocenters. The van der Waals surface area contributed by atoms with Crippen molar-refractivity contribution in [2.75, 3.05) is 5.32 Å². The number of carbonyl (C=O) groups is 2. The highest BCUT2D eigenvalue weighted by atomic mass is 16.5. The largest absolute Gasteiger partial charge is 0.360 e. The summed E-state index contributed by atoms with van der Waals surface area (Å²) in [6.45, 7) is 3.77. The van der Waals surface area contributed by atoms with Crippen LogP contribution in [0.5, 0.6) is 0 Å². The number of carbonyl (C=O) groups excluding carboxylic acids is 2. The monoisotopic (exact) mass is 355 g/mol. The molecule has 1 atom stereocenters. The maximum absolute atomic E-state index is 12.5. The Balaban J connectivity index is 1.47. The fourth-order valence-corrected chi connectivity index (χ4v) is 3.43. The van der Waals surface area contributed by atoms with Gasteiger partial charge in [-0.1, -0.05) is 35.5 Å². The summed E-state index contributed by atoms with van der Waals surface area (Å²) in [6, 6.07) is 11.6. The first-order valence-electron chi connectivity index (χ1n) is 9.12. The van der Waals surface area contributed by atoms with Gasteiger partial charge < -0.3 is 15.2 Å². The number of aryl methyl sites for hydroxylation is 1. The molecule has 1 saturated carbocycles. The van der Waals surface area contributed by atoms with Crippen molar-refractivity contribution in [2.24, 2.45) is 11.8 Å². The molecule has 1 aromatic heterocycles. The van der Waals surface area contributed by atoms with E-state index in [1.807, 2.05) is 37.3 Å². The Bertz CT molecular complexity index is 749. The summed E-state index contributed by atoms with van der Waals surface area (Å²) in [7, 11) is 0. The molecule has 1 aliphatic rings. The number of nitrogens with one attached hydrogen (secondary N) is 2. The molecule has 138 valence electrons. The average Bonchev–Trinajstić information content (AvgIpc) is 3.07. The second-order valence-corrected chi connectivity index (χ2v) is 7.00. The van der Waals surface area contributed by atoms with Crippen molar-refractivity contribution in [1.82, 2.24) is 10.5 Å². The van der Waals surface area contributed by atoms with Crippen LogP contribution < -0.4 is 10.6 Å². The third kappa shape index (κ3) is 4.50. The number of anilines is 1. The molecule has 0 aliphatic heterocycles.